The molecule has 1 amide bonds. The quantitative estimate of drug-likeness (QED) is 0.433. The van der Waals surface area contributed by atoms with Crippen molar-refractivity contribution in [2.75, 3.05) is 6.54 Å². The number of amides is 1. The maximum Gasteiger partial charge on any atom is 0.410 e. The average Bonchev–Trinajstić information content (AvgIpc) is 2.56. The second-order valence-electron chi connectivity index (χ2n) is 7.16. The standard InChI is InChI=1S/C15H26N4O2/c1-15(2,3)21-14(20)19-12(10-17-18-16)9-11-7-5-4-6-8-13(11)19/h11-13H,4-10H2,1-3H3/t11-,12?,13+/m0/s1. The summed E-state index contributed by atoms with van der Waals surface area (Å²) in [6.45, 7) is 6.00. The molecule has 0 N–H and O–H groups in total. The van der Waals surface area contributed by atoms with E-state index in [2.05, 4.69) is 10.0 Å². The van der Waals surface area contributed by atoms with E-state index in [0.29, 0.717) is 12.5 Å². The third kappa shape index (κ3) is 4.03. The molecule has 0 aromatic heterocycles. The Morgan fingerprint density at radius 3 is 2.71 bits per heavy atom. The molecule has 118 valence electrons. The molecule has 1 saturated heterocycles. The zero-order chi connectivity index (χ0) is 15.5. The van der Waals surface area contributed by atoms with Gasteiger partial charge in [0.15, 0.2) is 0 Å². The number of carbonyl (C=O) groups is 1. The van der Waals surface area contributed by atoms with E-state index in [1.165, 1.54) is 12.8 Å². The Hall–Kier alpha value is -1.42. The highest BCUT2D eigenvalue weighted by Crippen LogP contribution is 2.39. The number of nitrogens with zero attached hydrogens (tertiary/aromatic N) is 4. The molecule has 0 spiro atoms. The minimum atomic E-state index is -0.497. The second kappa shape index (κ2) is 6.56. The maximum atomic E-state index is 12.6. The first-order valence-electron chi connectivity index (χ1n) is 7.94. The lowest BCUT2D eigenvalue weighted by Gasteiger charge is -2.33. The summed E-state index contributed by atoms with van der Waals surface area (Å²) in [5.41, 5.74) is 8.07. The van der Waals surface area contributed by atoms with E-state index in [1.54, 1.807) is 0 Å². The number of hydrogen-bond donors (Lipinski definition) is 0. The molecule has 0 radical (unpaired) electrons. The number of azide groups is 1. The van der Waals surface area contributed by atoms with E-state index in [1.807, 2.05) is 25.7 Å². The zero-order valence-electron chi connectivity index (χ0n) is 13.3. The van der Waals surface area contributed by atoms with Crippen LogP contribution < -0.4 is 0 Å². The van der Waals surface area contributed by atoms with Gasteiger partial charge in [-0.15, -0.1) is 0 Å². The highest BCUT2D eigenvalue weighted by Gasteiger charge is 2.44. The molecule has 1 aliphatic carbocycles. The van der Waals surface area contributed by atoms with E-state index >= 15 is 0 Å². The Bertz CT molecular complexity index is 426. The smallest absolute Gasteiger partial charge is 0.410 e. The summed E-state index contributed by atoms with van der Waals surface area (Å²) in [7, 11) is 0. The molecular weight excluding hydrogens is 268 g/mol. The fourth-order valence-electron chi connectivity index (χ4n) is 3.63. The van der Waals surface area contributed by atoms with Crippen LogP contribution in [0.3, 0.4) is 0 Å². The van der Waals surface area contributed by atoms with E-state index in [9.17, 15) is 4.79 Å². The highest BCUT2D eigenvalue weighted by atomic mass is 16.6. The largest absolute Gasteiger partial charge is 0.444 e. The predicted molar refractivity (Wildman–Crippen MR) is 80.9 cm³/mol. The van der Waals surface area contributed by atoms with Gasteiger partial charge in [0, 0.05) is 23.5 Å². The first-order valence-corrected chi connectivity index (χ1v) is 7.94. The van der Waals surface area contributed by atoms with Crippen molar-refractivity contribution in [2.24, 2.45) is 11.0 Å². The van der Waals surface area contributed by atoms with Crippen molar-refractivity contribution in [2.45, 2.75) is 77.0 Å². The number of hydrogen-bond acceptors (Lipinski definition) is 3. The monoisotopic (exact) mass is 294 g/mol. The molecule has 2 rings (SSSR count). The van der Waals surface area contributed by atoms with Crippen LogP contribution in [0.2, 0.25) is 0 Å². The average molecular weight is 294 g/mol. The number of likely N-dealkylation sites (tertiary alicyclic amines) is 1. The van der Waals surface area contributed by atoms with E-state index in [0.717, 1.165) is 25.7 Å². The van der Waals surface area contributed by atoms with Crippen LogP contribution in [0.4, 0.5) is 4.79 Å². The number of fused-ring (bicyclic) bond motifs is 1. The Labute approximate surface area is 126 Å². The number of carbonyl (C=O) groups excluding carboxylic acids is 1. The molecular formula is C15H26N4O2. The summed E-state index contributed by atoms with van der Waals surface area (Å²) in [4.78, 5) is 17.3. The summed E-state index contributed by atoms with van der Waals surface area (Å²) >= 11 is 0. The van der Waals surface area contributed by atoms with Gasteiger partial charge in [-0.25, -0.2) is 4.79 Å². The van der Waals surface area contributed by atoms with Gasteiger partial charge in [-0.05, 0) is 51.5 Å². The molecule has 1 aliphatic heterocycles. The number of rotatable bonds is 2. The Kier molecular flexibility index (Phi) is 4.99. The van der Waals surface area contributed by atoms with Crippen molar-refractivity contribution < 1.29 is 9.53 Å². The van der Waals surface area contributed by atoms with E-state index in [-0.39, 0.29) is 18.2 Å². The van der Waals surface area contributed by atoms with Gasteiger partial charge in [0.25, 0.3) is 0 Å². The van der Waals surface area contributed by atoms with Crippen LogP contribution in [-0.4, -0.2) is 35.2 Å². The summed E-state index contributed by atoms with van der Waals surface area (Å²) in [5, 5.41) is 3.70. The normalized spacial score (nSPS) is 29.3. The predicted octanol–water partition coefficient (Wildman–Crippen LogP) is 4.26. The van der Waals surface area contributed by atoms with Crippen LogP contribution in [0.5, 0.6) is 0 Å². The van der Waals surface area contributed by atoms with Gasteiger partial charge in [0.1, 0.15) is 5.60 Å². The van der Waals surface area contributed by atoms with Crippen molar-refractivity contribution in [3.8, 4) is 0 Å². The van der Waals surface area contributed by atoms with Gasteiger partial charge >= 0.3 is 6.09 Å². The van der Waals surface area contributed by atoms with Crippen LogP contribution >= 0.6 is 0 Å². The van der Waals surface area contributed by atoms with Gasteiger partial charge in [0.05, 0.1) is 0 Å². The minimum Gasteiger partial charge on any atom is -0.444 e. The van der Waals surface area contributed by atoms with Gasteiger partial charge in [-0.2, -0.15) is 0 Å². The van der Waals surface area contributed by atoms with Crippen molar-refractivity contribution in [3.63, 3.8) is 0 Å². The third-order valence-electron chi connectivity index (χ3n) is 4.40. The van der Waals surface area contributed by atoms with Crippen LogP contribution in [0.15, 0.2) is 5.11 Å². The fraction of sp³-hybridized carbons (Fsp3) is 0.933. The lowest BCUT2D eigenvalue weighted by atomic mass is 9.94. The molecule has 0 aromatic carbocycles. The highest BCUT2D eigenvalue weighted by molar-refractivity contribution is 5.69. The molecule has 3 atom stereocenters. The van der Waals surface area contributed by atoms with Gasteiger partial charge < -0.3 is 9.64 Å². The van der Waals surface area contributed by atoms with Crippen molar-refractivity contribution in [1.29, 1.82) is 0 Å². The molecule has 2 aliphatic rings. The molecule has 6 heteroatoms. The Morgan fingerprint density at radius 2 is 2.05 bits per heavy atom. The molecule has 1 saturated carbocycles. The minimum absolute atomic E-state index is 0.0103. The Balaban J connectivity index is 2.17. The topological polar surface area (TPSA) is 78.3 Å². The van der Waals surface area contributed by atoms with Crippen LogP contribution in [0.25, 0.3) is 10.4 Å². The van der Waals surface area contributed by atoms with Crippen LogP contribution in [0.1, 0.15) is 59.3 Å². The molecule has 2 fully saturated rings. The summed E-state index contributed by atoms with van der Waals surface area (Å²) in [6, 6.07) is 0.241. The van der Waals surface area contributed by atoms with E-state index < -0.39 is 5.60 Å². The molecule has 6 nitrogen and oxygen atoms in total. The number of ether oxygens (including phenoxy) is 1. The second-order valence-corrected chi connectivity index (χ2v) is 7.16. The molecule has 1 heterocycles. The zero-order valence-corrected chi connectivity index (χ0v) is 13.3. The van der Waals surface area contributed by atoms with Gasteiger partial charge in [0.2, 0.25) is 0 Å². The van der Waals surface area contributed by atoms with E-state index in [4.69, 9.17) is 10.3 Å². The summed E-state index contributed by atoms with van der Waals surface area (Å²) in [6.07, 6.45) is 6.52. The van der Waals surface area contributed by atoms with Gasteiger partial charge in [-0.1, -0.05) is 24.4 Å². The first kappa shape index (κ1) is 16.0. The van der Waals surface area contributed by atoms with Crippen LogP contribution in [-0.2, 0) is 4.74 Å². The fourth-order valence-corrected chi connectivity index (χ4v) is 3.63. The SMILES string of the molecule is CC(C)(C)OC(=O)N1C(CN=[N+]=[N-])C[C@@H]2CCCCC[C@H]21. The summed E-state index contributed by atoms with van der Waals surface area (Å²) in [5.74, 6) is 0.527. The van der Waals surface area contributed by atoms with Gasteiger partial charge in [-0.3, -0.25) is 0 Å². The summed E-state index contributed by atoms with van der Waals surface area (Å²) < 4.78 is 5.57. The van der Waals surface area contributed by atoms with Crippen LogP contribution in [0, 0.1) is 5.92 Å². The van der Waals surface area contributed by atoms with Crippen molar-refractivity contribution >= 4 is 6.09 Å². The molecule has 1 unspecified atom stereocenters. The third-order valence-corrected chi connectivity index (χ3v) is 4.40. The van der Waals surface area contributed by atoms with Crippen molar-refractivity contribution in [1.82, 2.24) is 4.90 Å². The lowest BCUT2D eigenvalue weighted by Crippen LogP contribution is -2.46. The molecule has 0 aromatic rings. The molecule has 0 bridgehead atoms. The Morgan fingerprint density at radius 1 is 1.33 bits per heavy atom. The lowest BCUT2D eigenvalue weighted by molar-refractivity contribution is 0.0130. The molecule has 21 heavy (non-hydrogen) atoms. The maximum absolute atomic E-state index is 12.6. The van der Waals surface area contributed by atoms with Crippen molar-refractivity contribution in [3.05, 3.63) is 10.4 Å². The first-order chi connectivity index (χ1) is 9.92.